The van der Waals surface area contributed by atoms with E-state index in [0.717, 1.165) is 17.3 Å². The number of methoxy groups -OCH3 is 1. The third-order valence-corrected chi connectivity index (χ3v) is 7.20. The minimum absolute atomic E-state index is 0.00854. The van der Waals surface area contributed by atoms with Crippen LogP contribution in [0.15, 0.2) is 71.7 Å². The number of halogens is 2. The van der Waals surface area contributed by atoms with E-state index in [2.05, 4.69) is 10.3 Å². The van der Waals surface area contributed by atoms with Gasteiger partial charge in [-0.2, -0.15) is 0 Å². The van der Waals surface area contributed by atoms with Crippen molar-refractivity contribution in [3.05, 3.63) is 92.5 Å². The molecule has 1 atom stereocenters. The topological polar surface area (TPSA) is 114 Å². The molecule has 0 aliphatic carbocycles. The molecule has 1 saturated heterocycles. The summed E-state index contributed by atoms with van der Waals surface area (Å²) in [5, 5.41) is 14.7. The Morgan fingerprint density at radius 1 is 1.16 bits per heavy atom. The molecule has 1 fully saturated rings. The highest BCUT2D eigenvalue weighted by Gasteiger charge is 2.39. The molecule has 9 nitrogen and oxygen atoms in total. The van der Waals surface area contributed by atoms with Gasteiger partial charge in [-0.05, 0) is 48.0 Å². The van der Waals surface area contributed by atoms with Crippen molar-refractivity contribution >= 4 is 69.0 Å². The number of nitrogens with one attached hydrogen (secondary N) is 1. The number of nitro benzene ring substituents is 1. The molecule has 190 valence electrons. The third kappa shape index (κ3) is 6.40. The number of ether oxygens (including phenoxy) is 1. The molecule has 0 saturated carbocycles. The average molecular weight is 559 g/mol. The van der Waals surface area contributed by atoms with E-state index in [1.807, 2.05) is 12.1 Å². The zero-order chi connectivity index (χ0) is 26.5. The largest absolute Gasteiger partial charge is 0.496 e. The normalized spacial score (nSPS) is 16.2. The van der Waals surface area contributed by atoms with E-state index in [4.69, 9.17) is 27.9 Å². The van der Waals surface area contributed by atoms with Crippen LogP contribution in [0.5, 0.6) is 5.75 Å². The molecule has 1 N–H and O–H groups in total. The first-order valence-electron chi connectivity index (χ1n) is 10.9. The molecule has 1 aliphatic rings. The number of rotatable bonds is 8. The molecule has 12 heteroatoms. The summed E-state index contributed by atoms with van der Waals surface area (Å²) in [4.78, 5) is 43.1. The van der Waals surface area contributed by atoms with Crippen LogP contribution in [0.3, 0.4) is 0 Å². The second kappa shape index (κ2) is 11.6. The maximum absolute atomic E-state index is 13.4. The van der Waals surface area contributed by atoms with Gasteiger partial charge in [0, 0.05) is 16.5 Å². The predicted molar refractivity (Wildman–Crippen MR) is 145 cm³/mol. The number of aliphatic imine (C=N–C) groups is 1. The fraction of sp³-hybridized carbons (Fsp3) is 0.160. The standard InChI is InChI=1S/C25H20Cl2N4O5S/c1-36-18-10-11-20(21(12-18)31(34)35)29-23(32)13-22-24(33)30(14-15-4-2-3-5-19(15)27)25(37-22)28-17-8-6-16(26)7-9-17/h2-12,22H,13-14H2,1H3,(H,29,32). The first kappa shape index (κ1) is 26.5. The number of hydrogen-bond acceptors (Lipinski definition) is 7. The van der Waals surface area contributed by atoms with Crippen LogP contribution < -0.4 is 10.1 Å². The Labute approximate surface area is 226 Å². The van der Waals surface area contributed by atoms with Crippen molar-refractivity contribution in [3.8, 4) is 5.75 Å². The smallest absolute Gasteiger partial charge is 0.296 e. The number of carbonyl (C=O) groups is 2. The first-order chi connectivity index (χ1) is 17.7. The van der Waals surface area contributed by atoms with E-state index in [0.29, 0.717) is 20.9 Å². The Kier molecular flexibility index (Phi) is 8.32. The quantitative estimate of drug-likeness (QED) is 0.265. The maximum atomic E-state index is 13.4. The Morgan fingerprint density at radius 2 is 1.89 bits per heavy atom. The van der Waals surface area contributed by atoms with Crippen LogP contribution in [0.1, 0.15) is 12.0 Å². The monoisotopic (exact) mass is 558 g/mol. The van der Waals surface area contributed by atoms with Gasteiger partial charge in [0.2, 0.25) is 11.8 Å². The molecule has 0 aromatic heterocycles. The van der Waals surface area contributed by atoms with Crippen LogP contribution in [0.25, 0.3) is 0 Å². The fourth-order valence-electron chi connectivity index (χ4n) is 3.56. The number of amidine groups is 1. The molecule has 1 aliphatic heterocycles. The average Bonchev–Trinajstić information content (AvgIpc) is 3.15. The molecule has 3 aromatic rings. The van der Waals surface area contributed by atoms with E-state index in [1.165, 1.54) is 30.2 Å². The van der Waals surface area contributed by atoms with Crippen molar-refractivity contribution < 1.29 is 19.2 Å². The summed E-state index contributed by atoms with van der Waals surface area (Å²) in [6.45, 7) is 0.167. The Hall–Kier alpha value is -3.60. The lowest BCUT2D eigenvalue weighted by Gasteiger charge is -2.17. The van der Waals surface area contributed by atoms with Crippen LogP contribution in [-0.4, -0.2) is 39.2 Å². The van der Waals surface area contributed by atoms with E-state index < -0.39 is 16.1 Å². The van der Waals surface area contributed by atoms with E-state index in [1.54, 1.807) is 36.4 Å². The zero-order valence-corrected chi connectivity index (χ0v) is 21.7. The van der Waals surface area contributed by atoms with Crippen molar-refractivity contribution in [2.45, 2.75) is 18.2 Å². The minimum atomic E-state index is -0.786. The number of anilines is 1. The molecule has 4 rings (SSSR count). The van der Waals surface area contributed by atoms with Crippen molar-refractivity contribution in [2.24, 2.45) is 4.99 Å². The maximum Gasteiger partial charge on any atom is 0.296 e. The number of thioether (sulfide) groups is 1. The second-order valence-electron chi connectivity index (χ2n) is 7.89. The molecule has 3 aromatic carbocycles. The first-order valence-corrected chi connectivity index (χ1v) is 12.6. The van der Waals surface area contributed by atoms with Gasteiger partial charge in [0.05, 0.1) is 30.3 Å². The van der Waals surface area contributed by atoms with E-state index in [-0.39, 0.29) is 36.0 Å². The Bertz CT molecular complexity index is 1380. The van der Waals surface area contributed by atoms with Gasteiger partial charge in [-0.15, -0.1) is 0 Å². The predicted octanol–water partition coefficient (Wildman–Crippen LogP) is 6.07. The summed E-state index contributed by atoms with van der Waals surface area (Å²) in [6, 6.07) is 18.1. The van der Waals surface area contributed by atoms with Crippen LogP contribution in [0.2, 0.25) is 10.0 Å². The zero-order valence-electron chi connectivity index (χ0n) is 19.4. The second-order valence-corrected chi connectivity index (χ2v) is 9.90. The highest BCUT2D eigenvalue weighted by Crippen LogP contribution is 2.35. The van der Waals surface area contributed by atoms with Crippen LogP contribution in [0.4, 0.5) is 17.1 Å². The van der Waals surface area contributed by atoms with Gasteiger partial charge in [0.1, 0.15) is 16.7 Å². The number of benzene rings is 3. The summed E-state index contributed by atoms with van der Waals surface area (Å²) < 4.78 is 5.02. The van der Waals surface area contributed by atoms with Crippen molar-refractivity contribution in [1.82, 2.24) is 4.90 Å². The molecule has 0 spiro atoms. The molecular formula is C25H20Cl2N4O5S. The van der Waals surface area contributed by atoms with E-state index in [9.17, 15) is 19.7 Å². The molecule has 0 radical (unpaired) electrons. The van der Waals surface area contributed by atoms with Gasteiger partial charge in [0.25, 0.3) is 5.69 Å². The third-order valence-electron chi connectivity index (χ3n) is 5.40. The van der Waals surface area contributed by atoms with Crippen molar-refractivity contribution in [3.63, 3.8) is 0 Å². The SMILES string of the molecule is COc1ccc(NC(=O)CC2SC(=Nc3ccc(Cl)cc3)N(Cc3ccccc3Cl)C2=O)c([N+](=O)[O-])c1. The molecular weight excluding hydrogens is 539 g/mol. The highest BCUT2D eigenvalue weighted by molar-refractivity contribution is 8.15. The van der Waals surface area contributed by atoms with Gasteiger partial charge in [-0.25, -0.2) is 4.99 Å². The van der Waals surface area contributed by atoms with Gasteiger partial charge >= 0.3 is 0 Å². The highest BCUT2D eigenvalue weighted by atomic mass is 35.5. The lowest BCUT2D eigenvalue weighted by molar-refractivity contribution is -0.384. The number of hydrogen-bond donors (Lipinski definition) is 1. The summed E-state index contributed by atoms with van der Waals surface area (Å²) >= 11 is 13.4. The van der Waals surface area contributed by atoms with Crippen LogP contribution in [-0.2, 0) is 16.1 Å². The Balaban J connectivity index is 1.57. The molecule has 1 heterocycles. The molecule has 2 amide bonds. The van der Waals surface area contributed by atoms with Crippen molar-refractivity contribution in [1.29, 1.82) is 0 Å². The number of nitrogens with zero attached hydrogens (tertiary/aromatic N) is 3. The van der Waals surface area contributed by atoms with Crippen LogP contribution >= 0.6 is 35.0 Å². The lowest BCUT2D eigenvalue weighted by Crippen LogP contribution is -2.33. The minimum Gasteiger partial charge on any atom is -0.496 e. The van der Waals surface area contributed by atoms with Gasteiger partial charge in [0.15, 0.2) is 5.17 Å². The molecule has 37 heavy (non-hydrogen) atoms. The van der Waals surface area contributed by atoms with E-state index >= 15 is 0 Å². The summed E-state index contributed by atoms with van der Waals surface area (Å²) in [5.41, 5.74) is 1.00. The van der Waals surface area contributed by atoms with Gasteiger partial charge in [-0.3, -0.25) is 24.6 Å². The number of amides is 2. The van der Waals surface area contributed by atoms with Gasteiger partial charge in [-0.1, -0.05) is 53.2 Å². The number of carbonyl (C=O) groups excluding carboxylic acids is 2. The number of nitro groups is 1. The molecule has 0 bridgehead atoms. The summed E-state index contributed by atoms with van der Waals surface area (Å²) in [6.07, 6.45) is -0.217. The van der Waals surface area contributed by atoms with Crippen molar-refractivity contribution in [2.75, 3.05) is 12.4 Å². The Morgan fingerprint density at radius 3 is 2.57 bits per heavy atom. The molecule has 1 unspecified atom stereocenters. The van der Waals surface area contributed by atoms with Crippen LogP contribution in [0, 0.1) is 10.1 Å². The lowest BCUT2D eigenvalue weighted by atomic mass is 10.2. The van der Waals surface area contributed by atoms with Gasteiger partial charge < -0.3 is 10.1 Å². The summed E-state index contributed by atoms with van der Waals surface area (Å²) in [5.74, 6) is -0.592. The summed E-state index contributed by atoms with van der Waals surface area (Å²) in [7, 11) is 1.39. The fourth-order valence-corrected chi connectivity index (χ4v) is 5.04.